The molecule has 0 aliphatic rings. The van der Waals surface area contributed by atoms with Crippen LogP contribution in [0.5, 0.6) is 0 Å². The van der Waals surface area contributed by atoms with Crippen molar-refractivity contribution in [2.24, 2.45) is 5.41 Å². The average molecular weight is 289 g/mol. The summed E-state index contributed by atoms with van der Waals surface area (Å²) in [5, 5.41) is 38.9. The molecule has 0 heterocycles. The number of aliphatic carboxylic acids is 1. The Labute approximate surface area is 136 Å². The Morgan fingerprint density at radius 2 is 1.78 bits per heavy atom. The minimum absolute atomic E-state index is 0. The van der Waals surface area contributed by atoms with E-state index in [0.717, 1.165) is 7.11 Å². The van der Waals surface area contributed by atoms with Gasteiger partial charge >= 0.3 is 37.7 Å². The zero-order valence-corrected chi connectivity index (χ0v) is 13.1. The fraction of sp³-hybridized carbons (Fsp3) is 0.800. The van der Waals surface area contributed by atoms with Crippen LogP contribution in [-0.2, 0) is 9.59 Å². The van der Waals surface area contributed by atoms with Gasteiger partial charge in [0.05, 0.1) is 6.61 Å². The Bertz CT molecular complexity index is 247. The fourth-order valence-electron chi connectivity index (χ4n) is 0.826. The van der Waals surface area contributed by atoms with E-state index >= 15 is 0 Å². The van der Waals surface area contributed by atoms with Gasteiger partial charge in [-0.1, -0.05) is 13.8 Å². The van der Waals surface area contributed by atoms with Crippen LogP contribution >= 0.6 is 0 Å². The quantitative estimate of drug-likeness (QED) is 0.430. The Hall–Kier alpha value is 0.0797. The molecule has 0 bridgehead atoms. The van der Waals surface area contributed by atoms with Gasteiger partial charge in [-0.3, -0.25) is 4.79 Å². The van der Waals surface area contributed by atoms with E-state index in [9.17, 15) is 19.8 Å². The van der Waals surface area contributed by atoms with Crippen LogP contribution in [0.3, 0.4) is 0 Å². The summed E-state index contributed by atoms with van der Waals surface area (Å²) in [7, 11) is 0.750. The van der Waals surface area contributed by atoms with Crippen molar-refractivity contribution in [2.45, 2.75) is 26.4 Å². The van der Waals surface area contributed by atoms with Gasteiger partial charge in [-0.05, 0) is 0 Å². The van der Waals surface area contributed by atoms with Gasteiger partial charge in [-0.25, -0.2) is 0 Å². The van der Waals surface area contributed by atoms with Gasteiger partial charge in [0.1, 0.15) is 6.10 Å². The third kappa shape index (κ3) is 10.0. The summed E-state index contributed by atoms with van der Waals surface area (Å²) in [5.41, 5.74) is -0.953. The standard InChI is InChI=1S/C9H17NO5.CH3O.Ca/c1-9(2,5-11)7(14)8(15)10-4-3-6(12)13;1-2;/h7,11,14H,3-5H2,1-2H3,(H,10,15)(H,12,13);1H3;/q;-1;+2/p-1/t7-;;/m0../s1. The van der Waals surface area contributed by atoms with E-state index < -0.39 is 23.4 Å². The molecule has 0 aromatic heterocycles. The molecule has 0 saturated heterocycles. The molecule has 0 aliphatic carbocycles. The first-order valence-corrected chi connectivity index (χ1v) is 4.98. The van der Waals surface area contributed by atoms with Gasteiger partial charge in [0, 0.05) is 24.3 Å². The van der Waals surface area contributed by atoms with E-state index in [1.54, 1.807) is 0 Å². The number of aliphatic hydroxyl groups excluding tert-OH is 2. The minimum atomic E-state index is -1.37. The Balaban J connectivity index is -0.000000709. The molecule has 3 N–H and O–H groups in total. The molecule has 102 valence electrons. The first kappa shape index (κ1) is 23.2. The molecule has 0 aliphatic heterocycles. The summed E-state index contributed by atoms with van der Waals surface area (Å²) in [6.45, 7) is 2.60. The van der Waals surface area contributed by atoms with Crippen LogP contribution in [0.15, 0.2) is 0 Å². The summed E-state index contributed by atoms with van der Waals surface area (Å²) < 4.78 is 0. The van der Waals surface area contributed by atoms with E-state index in [1.165, 1.54) is 13.8 Å². The summed E-state index contributed by atoms with van der Waals surface area (Å²) in [6.07, 6.45) is -1.68. The van der Waals surface area contributed by atoms with Crippen LogP contribution in [0, 0.1) is 5.41 Å². The number of aliphatic hydroxyl groups is 2. The van der Waals surface area contributed by atoms with Gasteiger partial charge in [0.2, 0.25) is 5.91 Å². The number of amides is 1. The monoisotopic (exact) mass is 289 g/mol. The van der Waals surface area contributed by atoms with Crippen molar-refractivity contribution in [3.63, 3.8) is 0 Å². The number of nitrogens with one attached hydrogen (secondary N) is 1. The van der Waals surface area contributed by atoms with Gasteiger partial charge in [-0.2, -0.15) is 7.11 Å². The zero-order valence-electron chi connectivity index (χ0n) is 10.9. The molecule has 0 aromatic carbocycles. The summed E-state index contributed by atoms with van der Waals surface area (Å²) in [6, 6.07) is 0. The van der Waals surface area contributed by atoms with Crippen LogP contribution in [0.1, 0.15) is 20.3 Å². The molecular weight excluding hydrogens is 270 g/mol. The molecule has 1 amide bonds. The maximum absolute atomic E-state index is 11.2. The van der Waals surface area contributed by atoms with Gasteiger partial charge < -0.3 is 30.5 Å². The van der Waals surface area contributed by atoms with Crippen molar-refractivity contribution in [1.29, 1.82) is 0 Å². The molecular formula is C10H19CaNO6. The molecule has 0 saturated carbocycles. The molecule has 0 unspecified atom stereocenters. The number of hydrogen-bond acceptors (Lipinski definition) is 6. The van der Waals surface area contributed by atoms with Gasteiger partial charge in [0.25, 0.3) is 0 Å². The minimum Gasteiger partial charge on any atom is -0.857 e. The third-order valence-electron chi connectivity index (χ3n) is 2.02. The Kier molecular flexibility index (Phi) is 15.6. The van der Waals surface area contributed by atoms with Gasteiger partial charge in [0.15, 0.2) is 0 Å². The number of rotatable bonds is 6. The molecule has 0 aromatic rings. The van der Waals surface area contributed by atoms with Gasteiger partial charge in [-0.15, -0.1) is 0 Å². The average Bonchev–Trinajstić information content (AvgIpc) is 2.30. The smallest absolute Gasteiger partial charge is 0.857 e. The molecule has 0 fully saturated rings. The molecule has 0 spiro atoms. The summed E-state index contributed by atoms with van der Waals surface area (Å²) >= 11 is 0. The molecule has 18 heavy (non-hydrogen) atoms. The number of hydrogen-bond donors (Lipinski definition) is 3. The van der Waals surface area contributed by atoms with Crippen molar-refractivity contribution in [2.75, 3.05) is 20.3 Å². The zero-order chi connectivity index (χ0) is 14.1. The first-order chi connectivity index (χ1) is 7.81. The molecule has 0 radical (unpaired) electrons. The van der Waals surface area contributed by atoms with E-state index in [2.05, 4.69) is 5.32 Å². The van der Waals surface area contributed by atoms with Crippen molar-refractivity contribution >= 4 is 49.6 Å². The third-order valence-corrected chi connectivity index (χ3v) is 2.02. The van der Waals surface area contributed by atoms with E-state index in [-0.39, 0.29) is 57.3 Å². The van der Waals surface area contributed by atoms with E-state index in [1.807, 2.05) is 0 Å². The number of carbonyl (C=O) groups is 2. The second-order valence-corrected chi connectivity index (χ2v) is 3.96. The SMILES string of the molecule is CC(C)(CO)[C@@H](O)C(=O)NCCC(=O)[O-].C[O-].[Ca+2]. The number of carbonyl (C=O) groups excluding carboxylic acids is 2. The maximum atomic E-state index is 11.2. The number of carboxylic acids is 1. The predicted molar refractivity (Wildman–Crippen MR) is 61.2 cm³/mol. The van der Waals surface area contributed by atoms with E-state index in [4.69, 9.17) is 10.2 Å². The molecule has 0 rings (SSSR count). The normalized spacial score (nSPS) is 11.4. The van der Waals surface area contributed by atoms with Crippen molar-refractivity contribution in [3.05, 3.63) is 0 Å². The Morgan fingerprint density at radius 1 is 1.33 bits per heavy atom. The fourth-order valence-corrected chi connectivity index (χ4v) is 0.826. The van der Waals surface area contributed by atoms with Crippen LogP contribution in [0.2, 0.25) is 0 Å². The maximum Gasteiger partial charge on any atom is 2.00 e. The van der Waals surface area contributed by atoms with Crippen molar-refractivity contribution in [1.82, 2.24) is 5.32 Å². The van der Waals surface area contributed by atoms with E-state index in [0.29, 0.717) is 0 Å². The summed E-state index contributed by atoms with van der Waals surface area (Å²) in [5.74, 6) is -1.97. The molecule has 7 nitrogen and oxygen atoms in total. The van der Waals surface area contributed by atoms with Crippen LogP contribution in [0.25, 0.3) is 0 Å². The van der Waals surface area contributed by atoms with Crippen molar-refractivity contribution in [3.8, 4) is 0 Å². The Morgan fingerprint density at radius 3 is 2.11 bits per heavy atom. The molecule has 8 heteroatoms. The van der Waals surface area contributed by atoms with Crippen molar-refractivity contribution < 1.29 is 30.0 Å². The van der Waals surface area contributed by atoms with Crippen LogP contribution < -0.4 is 15.5 Å². The second kappa shape index (κ2) is 12.1. The largest absolute Gasteiger partial charge is 2.00 e. The van der Waals surface area contributed by atoms with Crippen LogP contribution in [-0.4, -0.2) is 86.2 Å². The topological polar surface area (TPSA) is 133 Å². The van der Waals surface area contributed by atoms with Crippen LogP contribution in [0.4, 0.5) is 0 Å². The predicted octanol–water partition coefficient (Wildman–Crippen LogP) is -3.78. The second-order valence-electron chi connectivity index (χ2n) is 3.96. The molecule has 1 atom stereocenters. The number of carboxylic acid groups (broad SMARTS) is 1. The summed E-state index contributed by atoms with van der Waals surface area (Å²) in [4.78, 5) is 21.3. The first-order valence-electron chi connectivity index (χ1n) is 4.98.